The van der Waals surface area contributed by atoms with E-state index in [2.05, 4.69) is 0 Å². The standard InChI is InChI=1S/C14H17ClN2O4/c1-14(2,3)21-13(18)16-8-9(7-15)11-5-4-10(17(19)20)6-12(11)16/h4-6,9H,7-8H2,1-3H3. The summed E-state index contributed by atoms with van der Waals surface area (Å²) < 4.78 is 5.35. The predicted molar refractivity (Wildman–Crippen MR) is 80.1 cm³/mol. The van der Waals surface area contributed by atoms with Crippen molar-refractivity contribution < 1.29 is 14.5 Å². The molecule has 114 valence electrons. The Labute approximate surface area is 127 Å². The maximum absolute atomic E-state index is 12.3. The third-order valence-electron chi connectivity index (χ3n) is 3.16. The summed E-state index contributed by atoms with van der Waals surface area (Å²) in [6.45, 7) is 5.69. The molecule has 1 unspecified atom stereocenters. The Hall–Kier alpha value is -1.82. The van der Waals surface area contributed by atoms with Crippen LogP contribution >= 0.6 is 11.6 Å². The normalized spacial score (nSPS) is 17.5. The molecule has 6 nitrogen and oxygen atoms in total. The molecule has 0 saturated heterocycles. The van der Waals surface area contributed by atoms with Gasteiger partial charge in [-0.1, -0.05) is 0 Å². The summed E-state index contributed by atoms with van der Waals surface area (Å²) in [5, 5.41) is 10.9. The minimum Gasteiger partial charge on any atom is -0.443 e. The largest absolute Gasteiger partial charge is 0.443 e. The van der Waals surface area contributed by atoms with Gasteiger partial charge in [0.2, 0.25) is 0 Å². The van der Waals surface area contributed by atoms with Crippen molar-refractivity contribution in [3.8, 4) is 0 Å². The minimum absolute atomic E-state index is 0.0463. The summed E-state index contributed by atoms with van der Waals surface area (Å²) in [7, 11) is 0. The van der Waals surface area contributed by atoms with E-state index >= 15 is 0 Å². The van der Waals surface area contributed by atoms with Gasteiger partial charge in [-0.3, -0.25) is 15.0 Å². The van der Waals surface area contributed by atoms with E-state index in [9.17, 15) is 14.9 Å². The zero-order valence-corrected chi connectivity index (χ0v) is 12.9. The number of amides is 1. The number of halogens is 1. The van der Waals surface area contributed by atoms with Crippen LogP contribution in [0.2, 0.25) is 0 Å². The quantitative estimate of drug-likeness (QED) is 0.474. The molecule has 1 aliphatic rings. The van der Waals surface area contributed by atoms with Crippen molar-refractivity contribution in [1.29, 1.82) is 0 Å². The third kappa shape index (κ3) is 3.26. The molecule has 0 saturated carbocycles. The number of alkyl halides is 1. The number of hydrogen-bond donors (Lipinski definition) is 0. The van der Waals surface area contributed by atoms with E-state index in [0.717, 1.165) is 5.56 Å². The highest BCUT2D eigenvalue weighted by molar-refractivity contribution is 6.18. The SMILES string of the molecule is CC(C)(C)OC(=O)N1CC(CCl)c2ccc([N+](=O)[O-])cc21. The molecule has 21 heavy (non-hydrogen) atoms. The average molecular weight is 313 g/mol. The van der Waals surface area contributed by atoms with Crippen LogP contribution in [0.5, 0.6) is 0 Å². The van der Waals surface area contributed by atoms with Crippen LogP contribution in [0, 0.1) is 10.1 Å². The highest BCUT2D eigenvalue weighted by atomic mass is 35.5. The number of nitro benzene ring substituents is 1. The first kappa shape index (κ1) is 15.6. The smallest absolute Gasteiger partial charge is 0.414 e. The number of nitrogens with zero attached hydrogens (tertiary/aromatic N) is 2. The molecule has 0 radical (unpaired) electrons. The van der Waals surface area contributed by atoms with Gasteiger partial charge in [-0.05, 0) is 32.4 Å². The molecule has 1 heterocycles. The predicted octanol–water partition coefficient (Wildman–Crippen LogP) is 3.67. The van der Waals surface area contributed by atoms with E-state index < -0.39 is 16.6 Å². The summed E-state index contributed by atoms with van der Waals surface area (Å²) in [6.07, 6.45) is -0.517. The second-order valence-electron chi connectivity index (χ2n) is 5.94. The van der Waals surface area contributed by atoms with E-state index in [1.54, 1.807) is 26.8 Å². The Morgan fingerprint density at radius 1 is 1.52 bits per heavy atom. The summed E-state index contributed by atoms with van der Waals surface area (Å²) in [6, 6.07) is 4.48. The molecule has 1 aromatic carbocycles. The molecule has 0 aliphatic carbocycles. The number of rotatable bonds is 2. The third-order valence-corrected chi connectivity index (χ3v) is 3.53. The van der Waals surface area contributed by atoms with Gasteiger partial charge >= 0.3 is 6.09 Å². The number of ether oxygens (including phenoxy) is 1. The molecule has 1 aromatic rings. The minimum atomic E-state index is -0.628. The fraction of sp³-hybridized carbons (Fsp3) is 0.500. The van der Waals surface area contributed by atoms with Crippen LogP contribution in [0.3, 0.4) is 0 Å². The highest BCUT2D eigenvalue weighted by Crippen LogP contribution is 2.39. The molecular formula is C14H17ClN2O4. The number of non-ortho nitro benzene ring substituents is 1. The molecule has 0 N–H and O–H groups in total. The number of hydrogen-bond acceptors (Lipinski definition) is 4. The van der Waals surface area contributed by atoms with Gasteiger partial charge in [0, 0.05) is 30.5 Å². The summed E-state index contributed by atoms with van der Waals surface area (Å²) >= 11 is 5.93. The van der Waals surface area contributed by atoms with Gasteiger partial charge < -0.3 is 4.74 Å². The van der Waals surface area contributed by atoms with Gasteiger partial charge in [-0.2, -0.15) is 0 Å². The lowest BCUT2D eigenvalue weighted by molar-refractivity contribution is -0.384. The van der Waals surface area contributed by atoms with Crippen LogP contribution < -0.4 is 4.90 Å². The first-order valence-corrected chi connectivity index (χ1v) is 7.11. The van der Waals surface area contributed by atoms with Crippen LogP contribution in [0.1, 0.15) is 32.3 Å². The number of fused-ring (bicyclic) bond motifs is 1. The van der Waals surface area contributed by atoms with Crippen molar-refractivity contribution in [1.82, 2.24) is 0 Å². The summed E-state index contributed by atoms with van der Waals surface area (Å²) in [5.41, 5.74) is 0.653. The zero-order valence-electron chi connectivity index (χ0n) is 12.1. The monoisotopic (exact) mass is 312 g/mol. The number of carbonyl (C=O) groups is 1. The average Bonchev–Trinajstić information content (AvgIpc) is 2.74. The van der Waals surface area contributed by atoms with E-state index in [1.807, 2.05) is 0 Å². The van der Waals surface area contributed by atoms with Gasteiger partial charge in [0.25, 0.3) is 5.69 Å². The maximum Gasteiger partial charge on any atom is 0.414 e. The topological polar surface area (TPSA) is 72.7 Å². The van der Waals surface area contributed by atoms with Crippen LogP contribution in [0.15, 0.2) is 18.2 Å². The number of nitro groups is 1. The molecule has 0 aromatic heterocycles. The fourth-order valence-electron chi connectivity index (χ4n) is 2.26. The number of anilines is 1. The van der Waals surface area contributed by atoms with Gasteiger partial charge in [0.1, 0.15) is 5.60 Å². The van der Waals surface area contributed by atoms with Crippen molar-refractivity contribution in [2.75, 3.05) is 17.3 Å². The van der Waals surface area contributed by atoms with Gasteiger partial charge in [-0.25, -0.2) is 4.79 Å². The Bertz CT molecular complexity index is 583. The molecule has 1 atom stereocenters. The Balaban J connectivity index is 2.37. The van der Waals surface area contributed by atoms with E-state index in [1.165, 1.54) is 17.0 Å². The molecule has 0 bridgehead atoms. The lowest BCUT2D eigenvalue weighted by Gasteiger charge is -2.24. The second-order valence-corrected chi connectivity index (χ2v) is 6.25. The summed E-state index contributed by atoms with van der Waals surface area (Å²) in [5.74, 6) is 0.291. The molecule has 1 aliphatic heterocycles. The molecule has 1 amide bonds. The molecule has 7 heteroatoms. The zero-order chi connectivity index (χ0) is 15.8. The van der Waals surface area contributed by atoms with E-state index in [-0.39, 0.29) is 11.6 Å². The molecule has 0 fully saturated rings. The Morgan fingerprint density at radius 3 is 2.71 bits per heavy atom. The van der Waals surface area contributed by atoms with Crippen molar-refractivity contribution in [3.63, 3.8) is 0 Å². The highest BCUT2D eigenvalue weighted by Gasteiger charge is 2.35. The van der Waals surface area contributed by atoms with Crippen LogP contribution in [0.4, 0.5) is 16.2 Å². The first-order chi connectivity index (χ1) is 9.73. The lowest BCUT2D eigenvalue weighted by Crippen LogP contribution is -2.36. The van der Waals surface area contributed by atoms with Crippen LogP contribution in [0.25, 0.3) is 0 Å². The van der Waals surface area contributed by atoms with Gasteiger partial charge in [0.05, 0.1) is 10.6 Å². The first-order valence-electron chi connectivity index (χ1n) is 6.58. The van der Waals surface area contributed by atoms with E-state index in [4.69, 9.17) is 16.3 Å². The van der Waals surface area contributed by atoms with Gasteiger partial charge in [0.15, 0.2) is 0 Å². The maximum atomic E-state index is 12.3. The molecule has 0 spiro atoms. The van der Waals surface area contributed by atoms with Crippen molar-refractivity contribution in [3.05, 3.63) is 33.9 Å². The van der Waals surface area contributed by atoms with Crippen molar-refractivity contribution in [2.24, 2.45) is 0 Å². The molecule has 2 rings (SSSR count). The van der Waals surface area contributed by atoms with E-state index in [0.29, 0.717) is 18.1 Å². The van der Waals surface area contributed by atoms with Crippen LogP contribution in [-0.2, 0) is 4.74 Å². The number of benzene rings is 1. The fourth-order valence-corrected chi connectivity index (χ4v) is 2.53. The van der Waals surface area contributed by atoms with Crippen LogP contribution in [-0.4, -0.2) is 29.0 Å². The lowest BCUT2D eigenvalue weighted by atomic mass is 10.0. The Kier molecular flexibility index (Phi) is 4.09. The number of carbonyl (C=O) groups excluding carboxylic acids is 1. The van der Waals surface area contributed by atoms with Crippen molar-refractivity contribution >= 4 is 29.1 Å². The van der Waals surface area contributed by atoms with Gasteiger partial charge in [-0.15, -0.1) is 11.6 Å². The molecular weight excluding hydrogens is 296 g/mol. The Morgan fingerprint density at radius 2 is 2.19 bits per heavy atom. The second kappa shape index (κ2) is 5.52. The van der Waals surface area contributed by atoms with Crippen molar-refractivity contribution in [2.45, 2.75) is 32.3 Å². The summed E-state index contributed by atoms with van der Waals surface area (Å²) in [4.78, 5) is 24.1.